The van der Waals surface area contributed by atoms with Gasteiger partial charge in [-0.05, 0) is 31.9 Å². The summed E-state index contributed by atoms with van der Waals surface area (Å²) in [6.45, 7) is 5.09. The van der Waals surface area contributed by atoms with E-state index >= 15 is 0 Å². The van der Waals surface area contributed by atoms with Gasteiger partial charge in [0, 0.05) is 18.5 Å². The molecule has 1 aromatic rings. The molecule has 1 heterocycles. The Labute approximate surface area is 101 Å². The van der Waals surface area contributed by atoms with Crippen LogP contribution in [0.5, 0.6) is 0 Å². The van der Waals surface area contributed by atoms with Gasteiger partial charge in [0.25, 0.3) is 0 Å². The summed E-state index contributed by atoms with van der Waals surface area (Å²) in [4.78, 5) is 14.8. The van der Waals surface area contributed by atoms with Crippen molar-refractivity contribution in [2.45, 2.75) is 30.4 Å². The Morgan fingerprint density at radius 1 is 1.38 bits per heavy atom. The number of carbonyl (C=O) groups is 1. The van der Waals surface area contributed by atoms with Crippen LogP contribution in [0.15, 0.2) is 23.1 Å². The van der Waals surface area contributed by atoms with Crippen LogP contribution in [-0.4, -0.2) is 29.6 Å². The number of thioether (sulfide) groups is 1. The van der Waals surface area contributed by atoms with Gasteiger partial charge in [-0.1, -0.05) is 17.7 Å². The SMILES string of the molecule is Cc1ccc(SC2CCN(C)C2=O)c(C)c1. The molecule has 1 aliphatic rings. The van der Waals surface area contributed by atoms with Crippen LogP contribution in [0.4, 0.5) is 0 Å². The number of likely N-dealkylation sites (tertiary alicyclic amines) is 1. The Morgan fingerprint density at radius 3 is 2.69 bits per heavy atom. The van der Waals surface area contributed by atoms with Crippen LogP contribution in [-0.2, 0) is 4.79 Å². The zero-order valence-corrected chi connectivity index (χ0v) is 10.8. The number of nitrogens with zero attached hydrogens (tertiary/aromatic N) is 1. The lowest BCUT2D eigenvalue weighted by Crippen LogP contribution is -2.23. The molecule has 0 saturated carbocycles. The maximum Gasteiger partial charge on any atom is 0.235 e. The molecule has 16 heavy (non-hydrogen) atoms. The smallest absolute Gasteiger partial charge is 0.235 e. The molecule has 2 nitrogen and oxygen atoms in total. The maximum absolute atomic E-state index is 11.8. The minimum Gasteiger partial charge on any atom is -0.345 e. The van der Waals surface area contributed by atoms with E-state index in [9.17, 15) is 4.79 Å². The summed E-state index contributed by atoms with van der Waals surface area (Å²) in [6, 6.07) is 6.41. The highest BCUT2D eigenvalue weighted by molar-refractivity contribution is 8.00. The van der Waals surface area contributed by atoms with Crippen LogP contribution >= 0.6 is 11.8 Å². The number of hydrogen-bond acceptors (Lipinski definition) is 2. The van der Waals surface area contributed by atoms with Crippen molar-refractivity contribution in [3.8, 4) is 0 Å². The average molecular weight is 235 g/mol. The number of rotatable bonds is 2. The second-order valence-electron chi connectivity index (χ2n) is 4.42. The molecular formula is C13H17NOS. The summed E-state index contributed by atoms with van der Waals surface area (Å²) in [5.41, 5.74) is 2.55. The maximum atomic E-state index is 11.8. The molecule has 0 aromatic heterocycles. The molecule has 0 aliphatic carbocycles. The molecule has 1 fully saturated rings. The summed E-state index contributed by atoms with van der Waals surface area (Å²) in [5, 5.41) is 0.117. The first-order chi connectivity index (χ1) is 7.58. The topological polar surface area (TPSA) is 20.3 Å². The third-order valence-electron chi connectivity index (χ3n) is 2.98. The third kappa shape index (κ3) is 2.24. The van der Waals surface area contributed by atoms with E-state index in [0.29, 0.717) is 0 Å². The summed E-state index contributed by atoms with van der Waals surface area (Å²) in [5.74, 6) is 0.268. The molecule has 1 aliphatic heterocycles. The highest BCUT2D eigenvalue weighted by Gasteiger charge is 2.29. The quantitative estimate of drug-likeness (QED) is 0.785. The Bertz CT molecular complexity index is 416. The van der Waals surface area contributed by atoms with Crippen molar-refractivity contribution in [3.05, 3.63) is 29.3 Å². The summed E-state index contributed by atoms with van der Waals surface area (Å²) < 4.78 is 0. The van der Waals surface area contributed by atoms with E-state index < -0.39 is 0 Å². The third-order valence-corrected chi connectivity index (χ3v) is 4.41. The Kier molecular flexibility index (Phi) is 3.24. The van der Waals surface area contributed by atoms with Crippen LogP contribution in [0.2, 0.25) is 0 Å². The van der Waals surface area contributed by atoms with E-state index in [0.717, 1.165) is 13.0 Å². The number of aryl methyl sites for hydroxylation is 2. The van der Waals surface area contributed by atoms with Gasteiger partial charge in [-0.15, -0.1) is 11.8 Å². The van der Waals surface area contributed by atoms with Gasteiger partial charge >= 0.3 is 0 Å². The van der Waals surface area contributed by atoms with Crippen LogP contribution in [0.25, 0.3) is 0 Å². The monoisotopic (exact) mass is 235 g/mol. The van der Waals surface area contributed by atoms with Crippen molar-refractivity contribution in [1.82, 2.24) is 4.90 Å². The van der Waals surface area contributed by atoms with E-state index in [-0.39, 0.29) is 11.2 Å². The Hall–Kier alpha value is -0.960. The molecule has 1 atom stereocenters. The van der Waals surface area contributed by atoms with Crippen LogP contribution < -0.4 is 0 Å². The minimum atomic E-state index is 0.117. The standard InChI is InChI=1S/C13H17NOS/c1-9-4-5-11(10(2)8-9)16-12-6-7-14(3)13(12)15/h4-5,8,12H,6-7H2,1-3H3. The Morgan fingerprint density at radius 2 is 2.12 bits per heavy atom. The predicted molar refractivity (Wildman–Crippen MR) is 67.8 cm³/mol. The first-order valence-corrected chi connectivity index (χ1v) is 6.45. The number of carbonyl (C=O) groups excluding carboxylic acids is 1. The fourth-order valence-corrected chi connectivity index (χ4v) is 3.19. The van der Waals surface area contributed by atoms with Crippen LogP contribution in [0.3, 0.4) is 0 Å². The second kappa shape index (κ2) is 4.50. The fraction of sp³-hybridized carbons (Fsp3) is 0.462. The zero-order valence-electron chi connectivity index (χ0n) is 9.99. The molecule has 1 aromatic carbocycles. The molecule has 2 rings (SSSR count). The summed E-state index contributed by atoms with van der Waals surface area (Å²) in [7, 11) is 1.88. The van der Waals surface area contributed by atoms with Gasteiger partial charge in [-0.3, -0.25) is 4.79 Å². The number of benzene rings is 1. The second-order valence-corrected chi connectivity index (χ2v) is 5.67. The number of hydrogen-bond donors (Lipinski definition) is 0. The van der Waals surface area contributed by atoms with E-state index in [1.165, 1.54) is 16.0 Å². The van der Waals surface area contributed by atoms with Gasteiger partial charge in [0.15, 0.2) is 0 Å². The molecule has 86 valence electrons. The van der Waals surface area contributed by atoms with Crippen LogP contribution in [0, 0.1) is 13.8 Å². The van der Waals surface area contributed by atoms with Gasteiger partial charge in [0.1, 0.15) is 0 Å². The molecule has 0 bridgehead atoms. The molecule has 3 heteroatoms. The lowest BCUT2D eigenvalue weighted by atomic mass is 10.2. The average Bonchev–Trinajstić information content (AvgIpc) is 2.54. The van der Waals surface area contributed by atoms with Gasteiger partial charge in [-0.2, -0.15) is 0 Å². The van der Waals surface area contributed by atoms with Gasteiger partial charge in [0.05, 0.1) is 5.25 Å². The van der Waals surface area contributed by atoms with E-state index in [1.807, 2.05) is 11.9 Å². The molecule has 0 N–H and O–H groups in total. The van der Waals surface area contributed by atoms with Crippen molar-refractivity contribution in [2.75, 3.05) is 13.6 Å². The van der Waals surface area contributed by atoms with Gasteiger partial charge < -0.3 is 4.90 Å². The molecule has 1 amide bonds. The van der Waals surface area contributed by atoms with Crippen molar-refractivity contribution in [2.24, 2.45) is 0 Å². The highest BCUT2D eigenvalue weighted by atomic mass is 32.2. The molecule has 1 saturated heterocycles. The molecule has 1 unspecified atom stereocenters. The zero-order chi connectivity index (χ0) is 11.7. The van der Waals surface area contributed by atoms with Crippen molar-refractivity contribution < 1.29 is 4.79 Å². The highest BCUT2D eigenvalue weighted by Crippen LogP contribution is 2.32. The molecule has 0 radical (unpaired) electrons. The normalized spacial score (nSPS) is 20.6. The van der Waals surface area contributed by atoms with Crippen molar-refractivity contribution >= 4 is 17.7 Å². The fourth-order valence-electron chi connectivity index (χ4n) is 1.98. The summed E-state index contributed by atoms with van der Waals surface area (Å²) >= 11 is 1.71. The van der Waals surface area contributed by atoms with Crippen molar-refractivity contribution in [1.29, 1.82) is 0 Å². The predicted octanol–water partition coefficient (Wildman–Crippen LogP) is 2.63. The van der Waals surface area contributed by atoms with E-state index in [1.54, 1.807) is 11.8 Å². The largest absolute Gasteiger partial charge is 0.345 e. The Balaban J connectivity index is 2.12. The lowest BCUT2D eigenvalue weighted by molar-refractivity contribution is -0.126. The number of amides is 1. The van der Waals surface area contributed by atoms with Crippen LogP contribution in [0.1, 0.15) is 17.5 Å². The molecular weight excluding hydrogens is 218 g/mol. The first-order valence-electron chi connectivity index (χ1n) is 5.57. The van der Waals surface area contributed by atoms with E-state index in [2.05, 4.69) is 32.0 Å². The van der Waals surface area contributed by atoms with Gasteiger partial charge in [0.2, 0.25) is 5.91 Å². The van der Waals surface area contributed by atoms with Crippen molar-refractivity contribution in [3.63, 3.8) is 0 Å². The van der Waals surface area contributed by atoms with E-state index in [4.69, 9.17) is 0 Å². The first kappa shape index (κ1) is 11.5. The molecule has 0 spiro atoms. The minimum absolute atomic E-state index is 0.117. The lowest BCUT2D eigenvalue weighted by Gasteiger charge is -2.12. The summed E-state index contributed by atoms with van der Waals surface area (Å²) in [6.07, 6.45) is 0.966. The van der Waals surface area contributed by atoms with Gasteiger partial charge in [-0.25, -0.2) is 0 Å².